The maximum absolute atomic E-state index is 13.7. The van der Waals surface area contributed by atoms with Gasteiger partial charge in [-0.25, -0.2) is 19.2 Å². The average molecular weight is 602 g/mol. The first-order chi connectivity index (χ1) is 19.8. The van der Waals surface area contributed by atoms with E-state index in [0.717, 1.165) is 26.4 Å². The third kappa shape index (κ3) is 6.86. The molecule has 3 rings (SSSR count). The Hall–Kier alpha value is -4.92. The highest BCUT2D eigenvalue weighted by Crippen LogP contribution is 2.32. The molecule has 0 bridgehead atoms. The van der Waals surface area contributed by atoms with Gasteiger partial charge in [-0.05, 0) is 11.6 Å². The van der Waals surface area contributed by atoms with Gasteiger partial charge in [0.25, 0.3) is 5.56 Å². The van der Waals surface area contributed by atoms with E-state index in [9.17, 15) is 53.8 Å². The largest absolute Gasteiger partial charge is 0.467 e. The van der Waals surface area contributed by atoms with E-state index in [2.05, 4.69) is 9.47 Å². The normalized spacial score (nSPS) is 22.4. The fourth-order valence-corrected chi connectivity index (χ4v) is 3.58. The summed E-state index contributed by atoms with van der Waals surface area (Å²) in [5.41, 5.74) is -3.40. The summed E-state index contributed by atoms with van der Waals surface area (Å²) in [6.45, 7) is -0.659. The minimum atomic E-state index is -1.98. The van der Waals surface area contributed by atoms with E-state index in [0.29, 0.717) is 10.8 Å². The summed E-state index contributed by atoms with van der Waals surface area (Å²) in [6, 6.07) is 3.07. The number of aliphatic hydroxyl groups is 3. The van der Waals surface area contributed by atoms with Crippen LogP contribution in [-0.4, -0.2) is 92.8 Å². The van der Waals surface area contributed by atoms with Crippen molar-refractivity contribution < 1.29 is 62.7 Å². The number of halogens is 1. The van der Waals surface area contributed by atoms with Gasteiger partial charge in [0.2, 0.25) is 18.3 Å². The molecule has 20 heteroatoms. The van der Waals surface area contributed by atoms with Crippen LogP contribution in [0.1, 0.15) is 11.7 Å². The van der Waals surface area contributed by atoms with Crippen molar-refractivity contribution >= 4 is 23.7 Å². The highest BCUT2D eigenvalue weighted by Gasteiger charge is 2.49. The molecule has 0 spiro atoms. The zero-order valence-corrected chi connectivity index (χ0v) is 21.5. The van der Waals surface area contributed by atoms with Crippen molar-refractivity contribution in [2.75, 3.05) is 14.2 Å². The third-order valence-corrected chi connectivity index (χ3v) is 5.72. The molecule has 0 saturated carbocycles. The number of aromatic amines is 1. The van der Waals surface area contributed by atoms with Crippen LogP contribution in [0.5, 0.6) is 5.75 Å². The van der Waals surface area contributed by atoms with E-state index < -0.39 is 94.9 Å². The summed E-state index contributed by atoms with van der Waals surface area (Å²) < 4.78 is 38.3. The number of H-pyrrole nitrogens is 1. The number of ether oxygens (including phenoxy) is 5. The number of nitro benzene ring substituents is 1. The van der Waals surface area contributed by atoms with Crippen molar-refractivity contribution in [3.8, 4) is 5.75 Å². The van der Waals surface area contributed by atoms with Crippen LogP contribution in [0.25, 0.3) is 0 Å². The van der Waals surface area contributed by atoms with Gasteiger partial charge in [0.05, 0.1) is 25.3 Å². The molecule has 228 valence electrons. The van der Waals surface area contributed by atoms with Gasteiger partial charge in [-0.3, -0.25) is 29.8 Å². The number of methoxy groups -OCH3 is 2. The van der Waals surface area contributed by atoms with Crippen LogP contribution in [0.4, 0.5) is 14.9 Å². The molecule has 19 nitrogen and oxygen atoms in total. The summed E-state index contributed by atoms with van der Waals surface area (Å²) in [7, 11) is 1.87. The Morgan fingerprint density at radius 2 is 1.86 bits per heavy atom. The molecule has 2 aromatic rings. The number of nitrogens with one attached hydrogen (secondary N) is 2. The fraction of sp³-hybridized carbons (Fsp3) is 0.409. The first kappa shape index (κ1) is 31.6. The third-order valence-electron chi connectivity index (χ3n) is 5.72. The molecular formula is C22H23FN4O15. The number of hydrogen-bond donors (Lipinski definition) is 5. The number of amides is 1. The fourth-order valence-electron chi connectivity index (χ4n) is 3.58. The van der Waals surface area contributed by atoms with Crippen LogP contribution < -0.4 is 21.3 Å². The van der Waals surface area contributed by atoms with E-state index >= 15 is 0 Å². The van der Waals surface area contributed by atoms with Gasteiger partial charge in [0.1, 0.15) is 24.9 Å². The van der Waals surface area contributed by atoms with Crippen molar-refractivity contribution in [2.24, 2.45) is 0 Å². The highest BCUT2D eigenvalue weighted by molar-refractivity contribution is 5.79. The predicted octanol–water partition coefficient (Wildman–Crippen LogP) is -2.46. The standard InChI is InChI=1S/C22H23FN4O15/c1-38-18(32)15-13(29)12(28)14(30)20(42-15)41-11-4-3-8(5-10(11)27(36)37)7-40-22(35)24-16(19(33)39-2)26-6-9(23)17(31)25-21(26)34/h3-6,12-16,20,28-30H,7H2,1-2H3,(H,24,35)(H,25,31,34)/t12-,13-,14+,15-,16?,20+/m0/s1. The van der Waals surface area contributed by atoms with Gasteiger partial charge in [0, 0.05) is 6.07 Å². The van der Waals surface area contributed by atoms with Crippen LogP contribution in [0, 0.1) is 15.9 Å². The van der Waals surface area contributed by atoms with E-state index in [1.807, 2.05) is 5.32 Å². The minimum Gasteiger partial charge on any atom is -0.467 e. The van der Waals surface area contributed by atoms with E-state index in [4.69, 9.17) is 14.2 Å². The van der Waals surface area contributed by atoms with Gasteiger partial charge in [-0.2, -0.15) is 4.39 Å². The maximum Gasteiger partial charge on any atom is 0.409 e. The maximum atomic E-state index is 13.7. The molecule has 5 N–H and O–H groups in total. The Bertz CT molecular complexity index is 1480. The molecular weight excluding hydrogens is 579 g/mol. The summed E-state index contributed by atoms with van der Waals surface area (Å²) in [5, 5.41) is 43.8. The van der Waals surface area contributed by atoms with E-state index in [-0.39, 0.29) is 5.56 Å². The van der Waals surface area contributed by atoms with Crippen LogP contribution in [0.15, 0.2) is 34.0 Å². The predicted molar refractivity (Wildman–Crippen MR) is 128 cm³/mol. The quantitative estimate of drug-likeness (QED) is 0.0862. The topological polar surface area (TPSA) is 268 Å². The Morgan fingerprint density at radius 3 is 2.48 bits per heavy atom. The number of nitro groups is 1. The molecule has 0 aliphatic carbocycles. The summed E-state index contributed by atoms with van der Waals surface area (Å²) in [4.78, 5) is 71.9. The molecule has 0 radical (unpaired) electrons. The number of esters is 2. The second-order valence-electron chi connectivity index (χ2n) is 8.39. The molecule has 1 aliphatic heterocycles. The number of benzene rings is 1. The second kappa shape index (κ2) is 13.2. The number of nitrogens with zero attached hydrogens (tertiary/aromatic N) is 2. The molecule has 1 aromatic heterocycles. The van der Waals surface area contributed by atoms with Crippen LogP contribution >= 0.6 is 0 Å². The zero-order chi connectivity index (χ0) is 31.3. The van der Waals surface area contributed by atoms with Gasteiger partial charge < -0.3 is 39.0 Å². The first-order valence-corrected chi connectivity index (χ1v) is 11.5. The number of carbonyl (C=O) groups is 3. The van der Waals surface area contributed by atoms with Gasteiger partial charge in [-0.15, -0.1) is 0 Å². The Kier molecular flexibility index (Phi) is 9.90. The number of carbonyl (C=O) groups excluding carboxylic acids is 3. The SMILES string of the molecule is COC(=O)C(NC(=O)OCc1ccc(O[C@@H]2O[C@H](C(=O)OC)[C@@H](O)[C@H](O)[C@H]2O)c([N+](=O)[O-])c1)n1cc(F)c(=O)[nH]c1=O. The van der Waals surface area contributed by atoms with Crippen LogP contribution in [0.3, 0.4) is 0 Å². The van der Waals surface area contributed by atoms with Crippen molar-refractivity contribution in [1.82, 2.24) is 14.9 Å². The van der Waals surface area contributed by atoms with Crippen LogP contribution in [0.2, 0.25) is 0 Å². The van der Waals surface area contributed by atoms with E-state index in [1.165, 1.54) is 6.07 Å². The lowest BCUT2D eigenvalue weighted by molar-refractivity contribution is -0.387. The number of rotatable bonds is 9. The second-order valence-corrected chi connectivity index (χ2v) is 8.39. The summed E-state index contributed by atoms with van der Waals surface area (Å²) >= 11 is 0. The molecule has 6 atom stereocenters. The van der Waals surface area contributed by atoms with Crippen molar-refractivity contribution in [2.45, 2.75) is 43.5 Å². The lowest BCUT2D eigenvalue weighted by Crippen LogP contribution is -2.61. The van der Waals surface area contributed by atoms with Gasteiger partial charge in [0.15, 0.2) is 11.9 Å². The Morgan fingerprint density at radius 1 is 1.17 bits per heavy atom. The molecule has 1 amide bonds. The van der Waals surface area contributed by atoms with Crippen molar-refractivity contribution in [3.05, 3.63) is 66.7 Å². The van der Waals surface area contributed by atoms with Crippen LogP contribution in [-0.2, 0) is 35.1 Å². The number of aliphatic hydroxyl groups excluding tert-OH is 3. The Labute approximate surface area is 232 Å². The smallest absolute Gasteiger partial charge is 0.409 e. The number of hydrogen-bond acceptors (Lipinski definition) is 15. The summed E-state index contributed by atoms with van der Waals surface area (Å²) in [6.07, 6.45) is -12.4. The van der Waals surface area contributed by atoms with E-state index in [1.54, 1.807) is 4.98 Å². The monoisotopic (exact) mass is 602 g/mol. The zero-order valence-electron chi connectivity index (χ0n) is 21.5. The number of aromatic nitrogens is 2. The summed E-state index contributed by atoms with van der Waals surface area (Å²) in [5.74, 6) is -4.34. The Balaban J connectivity index is 1.75. The molecule has 1 fully saturated rings. The lowest BCUT2D eigenvalue weighted by Gasteiger charge is -2.38. The minimum absolute atomic E-state index is 0.0147. The molecule has 1 saturated heterocycles. The van der Waals surface area contributed by atoms with Crippen molar-refractivity contribution in [1.29, 1.82) is 0 Å². The number of alkyl carbamates (subject to hydrolysis) is 1. The molecule has 42 heavy (non-hydrogen) atoms. The van der Waals surface area contributed by atoms with Gasteiger partial charge in [-0.1, -0.05) is 6.07 Å². The molecule has 1 unspecified atom stereocenters. The molecule has 2 heterocycles. The molecule has 1 aromatic carbocycles. The van der Waals surface area contributed by atoms with Crippen molar-refractivity contribution in [3.63, 3.8) is 0 Å². The highest BCUT2D eigenvalue weighted by atomic mass is 19.1. The van der Waals surface area contributed by atoms with Gasteiger partial charge >= 0.3 is 29.4 Å². The average Bonchev–Trinajstić information content (AvgIpc) is 2.96. The lowest BCUT2D eigenvalue weighted by atomic mass is 9.99. The molecule has 1 aliphatic rings. The first-order valence-electron chi connectivity index (χ1n) is 11.5.